The Morgan fingerprint density at radius 3 is 2.58 bits per heavy atom. The van der Waals surface area contributed by atoms with Crippen LogP contribution in [0.5, 0.6) is 5.88 Å². The zero-order valence-electron chi connectivity index (χ0n) is 20.0. The van der Waals surface area contributed by atoms with Crippen LogP contribution in [-0.2, 0) is 9.59 Å². The summed E-state index contributed by atoms with van der Waals surface area (Å²) < 4.78 is 33.9. The molecular weight excluding hydrogens is 470 g/mol. The van der Waals surface area contributed by atoms with Crippen molar-refractivity contribution in [2.75, 3.05) is 44.2 Å². The number of pyridine rings is 1. The van der Waals surface area contributed by atoms with Crippen molar-refractivity contribution in [3.8, 4) is 17.1 Å². The highest BCUT2D eigenvalue weighted by atomic mass is 19.3. The van der Waals surface area contributed by atoms with Gasteiger partial charge < -0.3 is 19.9 Å². The molecule has 1 N–H and O–H groups in total. The van der Waals surface area contributed by atoms with E-state index in [1.165, 1.54) is 0 Å². The Kier molecular flexibility index (Phi) is 6.71. The summed E-state index contributed by atoms with van der Waals surface area (Å²) in [4.78, 5) is 35.8. The Bertz CT molecular complexity index is 1250. The van der Waals surface area contributed by atoms with Crippen LogP contribution in [0.15, 0.2) is 36.7 Å². The van der Waals surface area contributed by atoms with Crippen molar-refractivity contribution < 1.29 is 23.1 Å². The zero-order chi connectivity index (χ0) is 25.2. The predicted octanol–water partition coefficient (Wildman–Crippen LogP) is 3.07. The van der Waals surface area contributed by atoms with Crippen LogP contribution in [0.25, 0.3) is 22.3 Å². The van der Waals surface area contributed by atoms with Gasteiger partial charge in [0.1, 0.15) is 11.8 Å². The van der Waals surface area contributed by atoms with Crippen molar-refractivity contribution in [1.82, 2.24) is 24.8 Å². The number of benzene rings is 1. The third kappa shape index (κ3) is 4.95. The minimum Gasteiger partial charge on any atom is -0.476 e. The standard InChI is InChI=1S/C25H28F2N6O3/c1-16(34)31-7-9-32(10-8-31)19-4-2-18(3-5-19)20-13-21-23(33(15-29-21)25(26)27)24(30-20)36-11-6-17-12-22(35)28-14-17/h2-5,13,15,17,25H,6-12,14H2,1H3,(H,28,35)/t17-/m1/s1. The Labute approximate surface area is 207 Å². The number of fused-ring (bicyclic) bond motifs is 1. The lowest BCUT2D eigenvalue weighted by Gasteiger charge is -2.35. The molecule has 0 spiro atoms. The van der Waals surface area contributed by atoms with Crippen molar-refractivity contribution in [3.63, 3.8) is 0 Å². The molecule has 1 atom stereocenters. The van der Waals surface area contributed by atoms with Crippen molar-refractivity contribution in [2.45, 2.75) is 26.3 Å². The van der Waals surface area contributed by atoms with Gasteiger partial charge in [0, 0.05) is 57.3 Å². The maximum absolute atomic E-state index is 13.6. The molecule has 36 heavy (non-hydrogen) atoms. The van der Waals surface area contributed by atoms with E-state index in [0.717, 1.165) is 35.2 Å². The first-order chi connectivity index (χ1) is 17.4. The topological polar surface area (TPSA) is 92.6 Å². The molecule has 3 aromatic rings. The van der Waals surface area contributed by atoms with Crippen LogP contribution in [0, 0.1) is 5.92 Å². The summed E-state index contributed by atoms with van der Waals surface area (Å²) in [6, 6.07) is 9.54. The number of hydrogen-bond acceptors (Lipinski definition) is 6. The van der Waals surface area contributed by atoms with Crippen molar-refractivity contribution >= 4 is 28.5 Å². The molecule has 2 aliphatic heterocycles. The number of imidazole rings is 1. The number of carbonyl (C=O) groups is 2. The highest BCUT2D eigenvalue weighted by Crippen LogP contribution is 2.32. The quantitative estimate of drug-likeness (QED) is 0.538. The summed E-state index contributed by atoms with van der Waals surface area (Å²) in [5, 5.41) is 2.79. The highest BCUT2D eigenvalue weighted by molar-refractivity contribution is 5.85. The van der Waals surface area contributed by atoms with Gasteiger partial charge in [0.2, 0.25) is 17.7 Å². The molecule has 0 radical (unpaired) electrons. The Hall–Kier alpha value is -3.76. The summed E-state index contributed by atoms with van der Waals surface area (Å²) in [6.07, 6.45) is 2.15. The minimum atomic E-state index is -2.77. The van der Waals surface area contributed by atoms with E-state index in [9.17, 15) is 18.4 Å². The molecule has 190 valence electrons. The van der Waals surface area contributed by atoms with Crippen LogP contribution >= 0.6 is 0 Å². The Balaban J connectivity index is 1.36. The number of alkyl halides is 2. The fraction of sp³-hybridized carbons (Fsp3) is 0.440. The number of aromatic nitrogens is 3. The average molecular weight is 499 g/mol. The van der Waals surface area contributed by atoms with Gasteiger partial charge in [0.25, 0.3) is 0 Å². The monoisotopic (exact) mass is 498 g/mol. The molecule has 0 aliphatic carbocycles. The number of rotatable bonds is 7. The molecular formula is C25H28F2N6O3. The molecule has 2 amide bonds. The van der Waals surface area contributed by atoms with Gasteiger partial charge >= 0.3 is 6.55 Å². The molecule has 9 nitrogen and oxygen atoms in total. The van der Waals surface area contributed by atoms with Gasteiger partial charge in [-0.3, -0.25) is 14.2 Å². The lowest BCUT2D eigenvalue weighted by atomic mass is 10.1. The summed E-state index contributed by atoms with van der Waals surface area (Å²) in [7, 11) is 0. The second-order valence-electron chi connectivity index (χ2n) is 9.16. The number of amides is 2. The predicted molar refractivity (Wildman–Crippen MR) is 130 cm³/mol. The van der Waals surface area contributed by atoms with Gasteiger partial charge in [-0.15, -0.1) is 0 Å². The van der Waals surface area contributed by atoms with Gasteiger partial charge in [-0.25, -0.2) is 9.97 Å². The molecule has 4 heterocycles. The van der Waals surface area contributed by atoms with Gasteiger partial charge in [-0.1, -0.05) is 12.1 Å². The van der Waals surface area contributed by atoms with E-state index in [0.29, 0.717) is 43.7 Å². The zero-order valence-corrected chi connectivity index (χ0v) is 20.0. The summed E-state index contributed by atoms with van der Waals surface area (Å²) in [5.41, 5.74) is 2.95. The number of halogens is 2. The fourth-order valence-corrected chi connectivity index (χ4v) is 4.74. The van der Waals surface area contributed by atoms with Crippen LogP contribution < -0.4 is 15.0 Å². The molecule has 1 aromatic carbocycles. The van der Waals surface area contributed by atoms with E-state index < -0.39 is 6.55 Å². The maximum Gasteiger partial charge on any atom is 0.320 e. The first-order valence-corrected chi connectivity index (χ1v) is 12.0. The molecule has 0 saturated carbocycles. The average Bonchev–Trinajstić information content (AvgIpc) is 3.50. The van der Waals surface area contributed by atoms with Crippen molar-refractivity contribution in [1.29, 1.82) is 0 Å². The lowest BCUT2D eigenvalue weighted by molar-refractivity contribution is -0.129. The minimum absolute atomic E-state index is 0.0162. The first-order valence-electron chi connectivity index (χ1n) is 12.0. The first kappa shape index (κ1) is 24.0. The van der Waals surface area contributed by atoms with Gasteiger partial charge in [-0.05, 0) is 30.5 Å². The molecule has 0 unspecified atom stereocenters. The van der Waals surface area contributed by atoms with Crippen molar-refractivity contribution in [2.24, 2.45) is 5.92 Å². The van der Waals surface area contributed by atoms with Crippen LogP contribution in [0.4, 0.5) is 14.5 Å². The number of nitrogens with one attached hydrogen (secondary N) is 1. The van der Waals surface area contributed by atoms with E-state index in [1.807, 2.05) is 29.2 Å². The van der Waals surface area contributed by atoms with E-state index >= 15 is 0 Å². The van der Waals surface area contributed by atoms with E-state index in [2.05, 4.69) is 20.2 Å². The van der Waals surface area contributed by atoms with Gasteiger partial charge in [0.05, 0.1) is 17.8 Å². The largest absolute Gasteiger partial charge is 0.476 e. The second-order valence-corrected chi connectivity index (χ2v) is 9.16. The normalized spacial score (nSPS) is 18.2. The van der Waals surface area contributed by atoms with E-state index in [1.54, 1.807) is 13.0 Å². The number of nitrogens with zero attached hydrogens (tertiary/aromatic N) is 5. The molecule has 0 bridgehead atoms. The van der Waals surface area contributed by atoms with Crippen LogP contribution in [0.1, 0.15) is 26.3 Å². The van der Waals surface area contributed by atoms with Crippen LogP contribution in [-0.4, -0.2) is 70.6 Å². The Morgan fingerprint density at radius 1 is 1.19 bits per heavy atom. The van der Waals surface area contributed by atoms with E-state index in [-0.39, 0.29) is 35.7 Å². The molecule has 2 fully saturated rings. The molecule has 11 heteroatoms. The molecule has 2 aromatic heterocycles. The fourth-order valence-electron chi connectivity index (χ4n) is 4.74. The van der Waals surface area contributed by atoms with Crippen molar-refractivity contribution in [3.05, 3.63) is 36.7 Å². The molecule has 5 rings (SSSR count). The third-order valence-electron chi connectivity index (χ3n) is 6.81. The molecule has 2 saturated heterocycles. The second kappa shape index (κ2) is 10.1. The summed E-state index contributed by atoms with van der Waals surface area (Å²) in [6.45, 7) is 2.55. The van der Waals surface area contributed by atoms with Gasteiger partial charge in [0.15, 0.2) is 0 Å². The Morgan fingerprint density at radius 2 is 1.94 bits per heavy atom. The number of anilines is 1. The smallest absolute Gasteiger partial charge is 0.320 e. The van der Waals surface area contributed by atoms with Crippen LogP contribution in [0.2, 0.25) is 0 Å². The highest BCUT2D eigenvalue weighted by Gasteiger charge is 2.23. The van der Waals surface area contributed by atoms with Gasteiger partial charge in [-0.2, -0.15) is 8.78 Å². The third-order valence-corrected chi connectivity index (χ3v) is 6.81. The number of ether oxygens (including phenoxy) is 1. The number of carbonyl (C=O) groups excluding carboxylic acids is 2. The number of hydrogen-bond donors (Lipinski definition) is 1. The summed E-state index contributed by atoms with van der Waals surface area (Å²) >= 11 is 0. The summed E-state index contributed by atoms with van der Waals surface area (Å²) in [5.74, 6) is 0.359. The maximum atomic E-state index is 13.6. The SMILES string of the molecule is CC(=O)N1CCN(c2ccc(-c3cc4ncn(C(F)F)c4c(OCC[C@H]4CNC(=O)C4)n3)cc2)CC1. The van der Waals surface area contributed by atoms with Crippen LogP contribution in [0.3, 0.4) is 0 Å². The lowest BCUT2D eigenvalue weighted by Crippen LogP contribution is -2.48. The van der Waals surface area contributed by atoms with E-state index in [4.69, 9.17) is 4.74 Å². The molecule has 2 aliphatic rings. The number of piperazine rings is 1.